The third-order valence-corrected chi connectivity index (χ3v) is 2.60. The quantitative estimate of drug-likeness (QED) is 0.840. The predicted molar refractivity (Wildman–Crippen MR) is 64.2 cm³/mol. The van der Waals surface area contributed by atoms with Crippen molar-refractivity contribution >= 4 is 35.0 Å². The Morgan fingerprint density at radius 2 is 1.94 bits per heavy atom. The van der Waals surface area contributed by atoms with E-state index in [1.807, 2.05) is 0 Å². The maximum atomic E-state index is 11.8. The molecule has 0 spiro atoms. The lowest BCUT2D eigenvalue weighted by molar-refractivity contribution is -0.136. The van der Waals surface area contributed by atoms with Crippen LogP contribution in [0.2, 0.25) is 10.0 Å². The van der Waals surface area contributed by atoms with E-state index in [2.05, 4.69) is 0 Å². The van der Waals surface area contributed by atoms with Crippen LogP contribution in [0.15, 0.2) is 12.1 Å². The topological polar surface area (TPSA) is 63.6 Å². The smallest absolute Gasteiger partial charge is 0.303 e. The minimum atomic E-state index is -1.04. The van der Waals surface area contributed by atoms with Crippen molar-refractivity contribution in [3.63, 3.8) is 0 Å². The SMILES string of the molecule is COc1cc(Cl)cc(Cl)c1C(=O)CCC(=O)O. The molecule has 17 heavy (non-hydrogen) atoms. The van der Waals surface area contributed by atoms with Gasteiger partial charge < -0.3 is 9.84 Å². The monoisotopic (exact) mass is 276 g/mol. The highest BCUT2D eigenvalue weighted by Crippen LogP contribution is 2.31. The third kappa shape index (κ3) is 3.61. The van der Waals surface area contributed by atoms with Crippen molar-refractivity contribution in [2.24, 2.45) is 0 Å². The van der Waals surface area contributed by atoms with E-state index in [-0.39, 0.29) is 35.0 Å². The minimum absolute atomic E-state index is 0.132. The van der Waals surface area contributed by atoms with Crippen molar-refractivity contribution in [3.8, 4) is 5.75 Å². The van der Waals surface area contributed by atoms with E-state index in [4.69, 9.17) is 33.0 Å². The van der Waals surface area contributed by atoms with Gasteiger partial charge >= 0.3 is 5.97 Å². The lowest BCUT2D eigenvalue weighted by Gasteiger charge is -2.09. The lowest BCUT2D eigenvalue weighted by atomic mass is 10.1. The van der Waals surface area contributed by atoms with Crippen molar-refractivity contribution in [2.75, 3.05) is 7.11 Å². The van der Waals surface area contributed by atoms with Gasteiger partial charge in [0, 0.05) is 11.4 Å². The van der Waals surface area contributed by atoms with Gasteiger partial charge in [-0.2, -0.15) is 0 Å². The molecule has 0 atom stereocenters. The summed E-state index contributed by atoms with van der Waals surface area (Å²) in [4.78, 5) is 22.2. The van der Waals surface area contributed by atoms with E-state index in [1.54, 1.807) is 0 Å². The number of carbonyl (C=O) groups excluding carboxylic acids is 1. The Bertz CT molecular complexity index is 457. The molecule has 92 valence electrons. The number of Topliss-reactive ketones (excluding diaryl/α,β-unsaturated/α-hetero) is 1. The summed E-state index contributed by atoms with van der Waals surface area (Å²) in [6, 6.07) is 2.88. The van der Waals surface area contributed by atoms with E-state index in [0.29, 0.717) is 5.02 Å². The van der Waals surface area contributed by atoms with E-state index < -0.39 is 5.97 Å². The molecule has 0 radical (unpaired) electrons. The molecule has 0 unspecified atom stereocenters. The fourth-order valence-electron chi connectivity index (χ4n) is 1.33. The van der Waals surface area contributed by atoms with Gasteiger partial charge in [0.1, 0.15) is 5.75 Å². The normalized spacial score (nSPS) is 10.1. The summed E-state index contributed by atoms with van der Waals surface area (Å²) in [5, 5.41) is 9.02. The zero-order valence-corrected chi connectivity index (χ0v) is 10.5. The van der Waals surface area contributed by atoms with Crippen LogP contribution in [0, 0.1) is 0 Å². The van der Waals surface area contributed by atoms with Crippen LogP contribution in [0.4, 0.5) is 0 Å². The van der Waals surface area contributed by atoms with E-state index >= 15 is 0 Å². The van der Waals surface area contributed by atoms with Crippen molar-refractivity contribution in [3.05, 3.63) is 27.7 Å². The van der Waals surface area contributed by atoms with Crippen LogP contribution in [0.5, 0.6) is 5.75 Å². The summed E-state index contributed by atoms with van der Waals surface area (Å²) in [5.41, 5.74) is 0.166. The highest BCUT2D eigenvalue weighted by Gasteiger charge is 2.18. The second-order valence-corrected chi connectivity index (χ2v) is 4.13. The Morgan fingerprint density at radius 3 is 2.47 bits per heavy atom. The molecule has 0 aliphatic heterocycles. The number of aliphatic carboxylic acids is 1. The number of methoxy groups -OCH3 is 1. The maximum Gasteiger partial charge on any atom is 0.303 e. The molecule has 0 fully saturated rings. The van der Waals surface area contributed by atoms with Crippen molar-refractivity contribution in [2.45, 2.75) is 12.8 Å². The molecule has 1 rings (SSSR count). The summed E-state index contributed by atoms with van der Waals surface area (Å²) in [6.45, 7) is 0. The van der Waals surface area contributed by atoms with Gasteiger partial charge in [-0.05, 0) is 12.1 Å². The average Bonchev–Trinajstić information content (AvgIpc) is 2.24. The van der Waals surface area contributed by atoms with E-state index in [1.165, 1.54) is 19.2 Å². The molecule has 0 aromatic heterocycles. The Kier molecular flexibility index (Phi) is 4.78. The molecule has 0 bridgehead atoms. The van der Waals surface area contributed by atoms with E-state index in [0.717, 1.165) is 0 Å². The van der Waals surface area contributed by atoms with Gasteiger partial charge in [-0.3, -0.25) is 9.59 Å². The van der Waals surface area contributed by atoms with Crippen molar-refractivity contribution in [1.29, 1.82) is 0 Å². The predicted octanol–water partition coefficient (Wildman–Crippen LogP) is 3.05. The number of rotatable bonds is 5. The van der Waals surface area contributed by atoms with Gasteiger partial charge in [-0.15, -0.1) is 0 Å². The summed E-state index contributed by atoms with van der Waals surface area (Å²) >= 11 is 11.7. The van der Waals surface area contributed by atoms with Crippen LogP contribution in [0.3, 0.4) is 0 Å². The van der Waals surface area contributed by atoms with Crippen LogP contribution in [0.1, 0.15) is 23.2 Å². The maximum absolute atomic E-state index is 11.8. The Labute approximate surface area is 108 Å². The number of carboxylic acid groups (broad SMARTS) is 1. The number of carboxylic acids is 1. The number of ketones is 1. The summed E-state index contributed by atoms with van der Waals surface area (Å²) in [6.07, 6.45) is -0.381. The van der Waals surface area contributed by atoms with Crippen LogP contribution >= 0.6 is 23.2 Å². The molecule has 1 aromatic rings. The first kappa shape index (κ1) is 13.8. The molecule has 1 aromatic carbocycles. The van der Waals surface area contributed by atoms with Gasteiger partial charge in [-0.1, -0.05) is 23.2 Å². The van der Waals surface area contributed by atoms with Crippen LogP contribution in [0.25, 0.3) is 0 Å². The zero-order chi connectivity index (χ0) is 13.0. The average molecular weight is 277 g/mol. The molecule has 6 heteroatoms. The van der Waals surface area contributed by atoms with Gasteiger partial charge in [-0.25, -0.2) is 0 Å². The summed E-state index contributed by atoms with van der Waals surface area (Å²) in [7, 11) is 1.38. The van der Waals surface area contributed by atoms with Gasteiger partial charge in [0.2, 0.25) is 0 Å². The highest BCUT2D eigenvalue weighted by molar-refractivity contribution is 6.37. The largest absolute Gasteiger partial charge is 0.496 e. The number of hydrogen-bond donors (Lipinski definition) is 1. The first-order valence-corrected chi connectivity index (χ1v) is 5.49. The number of carbonyl (C=O) groups is 2. The van der Waals surface area contributed by atoms with Gasteiger partial charge in [0.05, 0.1) is 24.1 Å². The molecule has 0 aliphatic rings. The van der Waals surface area contributed by atoms with Gasteiger partial charge in [0.15, 0.2) is 5.78 Å². The molecule has 0 heterocycles. The van der Waals surface area contributed by atoms with Crippen LogP contribution < -0.4 is 4.74 Å². The zero-order valence-electron chi connectivity index (χ0n) is 9.00. The Morgan fingerprint density at radius 1 is 1.29 bits per heavy atom. The Balaban J connectivity index is 3.03. The van der Waals surface area contributed by atoms with E-state index in [9.17, 15) is 9.59 Å². The molecule has 0 amide bonds. The molecular formula is C11H10Cl2O4. The molecule has 4 nitrogen and oxygen atoms in total. The standard InChI is InChI=1S/C11H10Cl2O4/c1-17-9-5-6(12)4-7(13)11(9)8(14)2-3-10(15)16/h4-5H,2-3H2,1H3,(H,15,16). The molecule has 0 aliphatic carbocycles. The second-order valence-electron chi connectivity index (χ2n) is 3.28. The van der Waals surface area contributed by atoms with Crippen molar-refractivity contribution in [1.82, 2.24) is 0 Å². The Hall–Kier alpha value is -1.26. The fourth-order valence-corrected chi connectivity index (χ4v) is 1.91. The lowest BCUT2D eigenvalue weighted by Crippen LogP contribution is -2.06. The highest BCUT2D eigenvalue weighted by atomic mass is 35.5. The second kappa shape index (κ2) is 5.89. The first-order chi connectivity index (χ1) is 7.95. The number of benzene rings is 1. The minimum Gasteiger partial charge on any atom is -0.496 e. The number of hydrogen-bond acceptors (Lipinski definition) is 3. The third-order valence-electron chi connectivity index (χ3n) is 2.08. The molecular weight excluding hydrogens is 267 g/mol. The summed E-state index contributed by atoms with van der Waals surface area (Å²) < 4.78 is 5.00. The summed E-state index contributed by atoms with van der Waals surface area (Å²) in [5.74, 6) is -1.17. The van der Waals surface area contributed by atoms with Crippen LogP contribution in [-0.4, -0.2) is 24.0 Å². The van der Waals surface area contributed by atoms with Crippen LogP contribution in [-0.2, 0) is 4.79 Å². The fraction of sp³-hybridized carbons (Fsp3) is 0.273. The van der Waals surface area contributed by atoms with Gasteiger partial charge in [0.25, 0.3) is 0 Å². The molecule has 1 N–H and O–H groups in total. The molecule has 0 saturated heterocycles. The van der Waals surface area contributed by atoms with Crippen molar-refractivity contribution < 1.29 is 19.4 Å². The first-order valence-electron chi connectivity index (χ1n) is 4.73. The number of ether oxygens (including phenoxy) is 1. The molecule has 0 saturated carbocycles. The number of halogens is 2.